The molecule has 0 bridgehead atoms. The number of esters is 1. The topological polar surface area (TPSA) is 35.5 Å². The van der Waals surface area contributed by atoms with Gasteiger partial charge in [-0.2, -0.15) is 0 Å². The normalized spacial score (nSPS) is 11.1. The van der Waals surface area contributed by atoms with Gasteiger partial charge < -0.3 is 9.47 Å². The molecule has 0 saturated heterocycles. The lowest BCUT2D eigenvalue weighted by Gasteiger charge is -2.07. The number of para-hydroxylation sites is 1. The van der Waals surface area contributed by atoms with Gasteiger partial charge in [-0.05, 0) is 35.9 Å². The Labute approximate surface area is 173 Å². The number of ether oxygens (including phenoxy) is 2. The summed E-state index contributed by atoms with van der Waals surface area (Å²) in [5, 5.41) is 1.21. The Hall–Kier alpha value is -3.37. The summed E-state index contributed by atoms with van der Waals surface area (Å²) in [6.45, 7) is 0. The molecule has 0 fully saturated rings. The highest BCUT2D eigenvalue weighted by molar-refractivity contribution is 7.22. The van der Waals surface area contributed by atoms with Crippen LogP contribution in [0.25, 0.3) is 32.7 Å². The van der Waals surface area contributed by atoms with E-state index >= 15 is 0 Å². The zero-order valence-corrected chi connectivity index (χ0v) is 17.0. The third-order valence-corrected chi connectivity index (χ3v) is 5.98. The van der Waals surface area contributed by atoms with E-state index in [1.54, 1.807) is 30.6 Å². The van der Waals surface area contributed by atoms with Gasteiger partial charge >= 0.3 is 5.97 Å². The van der Waals surface area contributed by atoms with Crippen molar-refractivity contribution >= 4 is 39.5 Å². The molecule has 3 aromatic carbocycles. The van der Waals surface area contributed by atoms with E-state index in [4.69, 9.17) is 9.47 Å². The minimum Gasteiger partial charge on any atom is -0.496 e. The molecular formula is C25H20O3S. The van der Waals surface area contributed by atoms with Crippen molar-refractivity contribution in [2.75, 3.05) is 14.2 Å². The maximum absolute atomic E-state index is 11.6. The lowest BCUT2D eigenvalue weighted by atomic mass is 10.0. The van der Waals surface area contributed by atoms with E-state index in [0.717, 1.165) is 22.4 Å². The van der Waals surface area contributed by atoms with E-state index in [1.807, 2.05) is 30.3 Å². The number of hydrogen-bond donors (Lipinski definition) is 0. The highest BCUT2D eigenvalue weighted by atomic mass is 32.1. The van der Waals surface area contributed by atoms with Crippen LogP contribution in [0.5, 0.6) is 5.75 Å². The zero-order chi connectivity index (χ0) is 20.2. The maximum atomic E-state index is 11.6. The molecule has 0 radical (unpaired) electrons. The van der Waals surface area contributed by atoms with E-state index in [2.05, 4.69) is 42.5 Å². The van der Waals surface area contributed by atoms with Crippen LogP contribution >= 0.6 is 11.3 Å². The Morgan fingerprint density at radius 3 is 2.34 bits per heavy atom. The van der Waals surface area contributed by atoms with Crippen molar-refractivity contribution in [1.29, 1.82) is 0 Å². The number of carbonyl (C=O) groups excluding carboxylic acids is 1. The summed E-state index contributed by atoms with van der Waals surface area (Å²) in [6, 6.07) is 23.9. The summed E-state index contributed by atoms with van der Waals surface area (Å²) in [7, 11) is 3.09. The van der Waals surface area contributed by atoms with Crippen LogP contribution in [0.1, 0.15) is 21.5 Å². The summed E-state index contributed by atoms with van der Waals surface area (Å²) in [6.07, 6.45) is 4.20. The first-order valence-corrected chi connectivity index (χ1v) is 10.0. The molecule has 0 N–H and O–H groups in total. The molecule has 4 heteroatoms. The second kappa shape index (κ2) is 8.33. The van der Waals surface area contributed by atoms with Crippen molar-refractivity contribution in [1.82, 2.24) is 0 Å². The van der Waals surface area contributed by atoms with E-state index in [1.165, 1.54) is 22.1 Å². The van der Waals surface area contributed by atoms with Gasteiger partial charge in [-0.15, -0.1) is 11.3 Å². The average molecular weight is 400 g/mol. The third-order valence-electron chi connectivity index (χ3n) is 4.76. The lowest BCUT2D eigenvalue weighted by Crippen LogP contribution is -2.00. The smallest absolute Gasteiger partial charge is 0.337 e. The van der Waals surface area contributed by atoms with Gasteiger partial charge in [0, 0.05) is 26.1 Å². The van der Waals surface area contributed by atoms with E-state index < -0.39 is 0 Å². The van der Waals surface area contributed by atoms with Crippen molar-refractivity contribution < 1.29 is 14.3 Å². The molecule has 0 saturated carbocycles. The highest BCUT2D eigenvalue weighted by Crippen LogP contribution is 2.43. The minimum atomic E-state index is -0.331. The second-order valence-electron chi connectivity index (χ2n) is 6.49. The number of rotatable bonds is 5. The molecule has 0 aliphatic rings. The monoisotopic (exact) mass is 400 g/mol. The molecule has 3 nitrogen and oxygen atoms in total. The van der Waals surface area contributed by atoms with Gasteiger partial charge in [0.15, 0.2) is 0 Å². The average Bonchev–Trinajstić information content (AvgIpc) is 3.15. The lowest BCUT2D eigenvalue weighted by molar-refractivity contribution is 0.0600. The Morgan fingerprint density at radius 1 is 0.862 bits per heavy atom. The SMILES string of the molecule is COC(=O)c1ccc(/C=C/c2c(-c3ccccc3OC)sc3ccccc23)cc1. The van der Waals surface area contributed by atoms with Crippen molar-refractivity contribution in [3.8, 4) is 16.2 Å². The Kier molecular flexibility index (Phi) is 5.45. The Balaban J connectivity index is 1.79. The molecular weight excluding hydrogens is 380 g/mol. The van der Waals surface area contributed by atoms with Crippen molar-refractivity contribution in [3.63, 3.8) is 0 Å². The number of methoxy groups -OCH3 is 2. The molecule has 144 valence electrons. The van der Waals surface area contributed by atoms with Crippen LogP contribution in [0.4, 0.5) is 0 Å². The summed E-state index contributed by atoms with van der Waals surface area (Å²) in [5.74, 6) is 0.527. The van der Waals surface area contributed by atoms with Gasteiger partial charge in [0.2, 0.25) is 0 Å². The van der Waals surface area contributed by atoms with Crippen molar-refractivity contribution in [2.45, 2.75) is 0 Å². The van der Waals surface area contributed by atoms with Gasteiger partial charge in [0.1, 0.15) is 5.75 Å². The van der Waals surface area contributed by atoms with Crippen LogP contribution in [0.15, 0.2) is 72.8 Å². The number of fused-ring (bicyclic) bond motifs is 1. The van der Waals surface area contributed by atoms with E-state index in [0.29, 0.717) is 5.56 Å². The minimum absolute atomic E-state index is 0.331. The van der Waals surface area contributed by atoms with Crippen molar-refractivity contribution in [3.05, 3.63) is 89.5 Å². The summed E-state index contributed by atoms with van der Waals surface area (Å²) >= 11 is 1.76. The fourth-order valence-corrected chi connectivity index (χ4v) is 4.51. The Morgan fingerprint density at radius 2 is 1.59 bits per heavy atom. The first-order chi connectivity index (χ1) is 14.2. The van der Waals surface area contributed by atoms with Crippen LogP contribution in [0, 0.1) is 0 Å². The quantitative estimate of drug-likeness (QED) is 0.357. The van der Waals surface area contributed by atoms with Crippen molar-refractivity contribution in [2.24, 2.45) is 0 Å². The molecule has 4 aromatic rings. The van der Waals surface area contributed by atoms with Gasteiger partial charge in [-0.1, -0.05) is 54.6 Å². The molecule has 0 spiro atoms. The number of carbonyl (C=O) groups is 1. The van der Waals surface area contributed by atoms with Crippen LogP contribution in [0.2, 0.25) is 0 Å². The van der Waals surface area contributed by atoms with Crippen LogP contribution in [0.3, 0.4) is 0 Å². The van der Waals surface area contributed by atoms with E-state index in [9.17, 15) is 4.79 Å². The van der Waals surface area contributed by atoms with Crippen LogP contribution < -0.4 is 4.74 Å². The largest absolute Gasteiger partial charge is 0.496 e. The summed E-state index contributed by atoms with van der Waals surface area (Å²) in [4.78, 5) is 12.8. The Bertz CT molecular complexity index is 1190. The molecule has 29 heavy (non-hydrogen) atoms. The molecule has 0 atom stereocenters. The second-order valence-corrected chi connectivity index (χ2v) is 7.54. The predicted octanol–water partition coefficient (Wildman–Crippen LogP) is 6.53. The van der Waals surface area contributed by atoms with Gasteiger partial charge in [-0.25, -0.2) is 4.79 Å². The van der Waals surface area contributed by atoms with Crippen LogP contribution in [-0.2, 0) is 4.74 Å². The molecule has 0 aliphatic heterocycles. The van der Waals surface area contributed by atoms with E-state index in [-0.39, 0.29) is 5.97 Å². The van der Waals surface area contributed by atoms with Gasteiger partial charge in [0.05, 0.1) is 19.8 Å². The summed E-state index contributed by atoms with van der Waals surface area (Å²) in [5.41, 5.74) is 3.79. The molecule has 1 aromatic heterocycles. The summed E-state index contributed by atoms with van der Waals surface area (Å²) < 4.78 is 11.6. The first-order valence-electron chi connectivity index (χ1n) is 9.22. The number of benzene rings is 3. The fraction of sp³-hybridized carbons (Fsp3) is 0.0800. The van der Waals surface area contributed by atoms with Gasteiger partial charge in [0.25, 0.3) is 0 Å². The number of hydrogen-bond acceptors (Lipinski definition) is 4. The predicted molar refractivity (Wildman–Crippen MR) is 121 cm³/mol. The standard InChI is InChI=1S/C25H20O3S/c1-27-22-9-5-3-8-21(22)24-20(19-7-4-6-10-23(19)29-24)16-13-17-11-14-18(15-12-17)25(26)28-2/h3-16H,1-2H3/b16-13+. The highest BCUT2D eigenvalue weighted by Gasteiger charge is 2.15. The number of thiophene rings is 1. The molecule has 0 aliphatic carbocycles. The fourth-order valence-electron chi connectivity index (χ4n) is 3.29. The van der Waals surface area contributed by atoms with Gasteiger partial charge in [-0.3, -0.25) is 0 Å². The molecule has 1 heterocycles. The molecule has 4 rings (SSSR count). The van der Waals surface area contributed by atoms with Crippen LogP contribution in [-0.4, -0.2) is 20.2 Å². The molecule has 0 unspecified atom stereocenters. The molecule has 0 amide bonds. The third kappa shape index (κ3) is 3.80. The first kappa shape index (κ1) is 19.0. The maximum Gasteiger partial charge on any atom is 0.337 e. The zero-order valence-electron chi connectivity index (χ0n) is 16.2.